The highest BCUT2D eigenvalue weighted by Gasteiger charge is 2.27. The molecule has 0 bridgehead atoms. The number of nitrogens with zero attached hydrogens (tertiary/aromatic N) is 2. The van der Waals surface area contributed by atoms with E-state index in [9.17, 15) is 0 Å². The molecule has 0 N–H and O–H groups in total. The molecule has 2 aromatic rings. The minimum Gasteiger partial charge on any atom is -0.452 e. The number of hydrogen-bond donors (Lipinski definition) is 0. The van der Waals surface area contributed by atoms with E-state index in [0.29, 0.717) is 5.92 Å². The van der Waals surface area contributed by atoms with Crippen molar-refractivity contribution < 1.29 is 8.83 Å². The third kappa shape index (κ3) is 2.43. The predicted molar refractivity (Wildman–Crippen MR) is 45.0 cm³/mol. The molecule has 0 saturated heterocycles. The highest BCUT2D eigenvalue weighted by Crippen LogP contribution is 2.38. The Morgan fingerprint density at radius 1 is 1.23 bits per heavy atom. The normalized spacial score (nSPS) is 14.8. The molecule has 13 heavy (non-hydrogen) atoms. The zero-order chi connectivity index (χ0) is 8.93. The van der Waals surface area contributed by atoms with Crippen LogP contribution in [-0.4, -0.2) is 9.97 Å². The molecule has 0 amide bonds. The van der Waals surface area contributed by atoms with Crippen molar-refractivity contribution in [1.82, 2.24) is 9.97 Å². The molecule has 0 spiro atoms. The first kappa shape index (κ1) is 8.04. The molecule has 0 radical (unpaired) electrons. The van der Waals surface area contributed by atoms with Crippen molar-refractivity contribution >= 4 is 0 Å². The van der Waals surface area contributed by atoms with Gasteiger partial charge in [0.05, 0.1) is 12.4 Å². The largest absolute Gasteiger partial charge is 0.452 e. The summed E-state index contributed by atoms with van der Waals surface area (Å²) in [6, 6.07) is 0. The van der Waals surface area contributed by atoms with Gasteiger partial charge in [0.15, 0.2) is 12.3 Å². The Balaban J connectivity index is 0.000000113. The summed E-state index contributed by atoms with van der Waals surface area (Å²) in [5.41, 5.74) is 0. The van der Waals surface area contributed by atoms with Gasteiger partial charge in [0.1, 0.15) is 12.5 Å². The van der Waals surface area contributed by atoms with Crippen molar-refractivity contribution in [2.45, 2.75) is 18.8 Å². The first-order valence-electron chi connectivity index (χ1n) is 4.18. The maximum absolute atomic E-state index is 5.05. The van der Waals surface area contributed by atoms with Gasteiger partial charge in [0.2, 0.25) is 0 Å². The fraction of sp³-hybridized carbons (Fsp3) is 0.333. The molecular formula is C9H10N2O2. The Hall–Kier alpha value is -1.58. The van der Waals surface area contributed by atoms with Crippen LogP contribution in [0.4, 0.5) is 0 Å². The van der Waals surface area contributed by atoms with E-state index in [4.69, 9.17) is 4.42 Å². The zero-order valence-corrected chi connectivity index (χ0v) is 7.09. The molecule has 3 rings (SSSR count). The predicted octanol–water partition coefficient (Wildman–Crippen LogP) is 2.23. The van der Waals surface area contributed by atoms with Crippen molar-refractivity contribution in [1.29, 1.82) is 0 Å². The number of rotatable bonds is 1. The minimum absolute atomic E-state index is 0.657. The van der Waals surface area contributed by atoms with Gasteiger partial charge in [-0.05, 0) is 12.8 Å². The zero-order valence-electron chi connectivity index (χ0n) is 7.09. The summed E-state index contributed by atoms with van der Waals surface area (Å²) in [6.45, 7) is 0. The smallest absolute Gasteiger partial charge is 0.197 e. The topological polar surface area (TPSA) is 52.1 Å². The summed E-state index contributed by atoms with van der Waals surface area (Å²) < 4.78 is 9.52. The van der Waals surface area contributed by atoms with Crippen LogP contribution in [0.25, 0.3) is 0 Å². The Labute approximate surface area is 75.6 Å². The molecule has 1 fully saturated rings. The molecule has 0 aromatic carbocycles. The molecule has 0 unspecified atom stereocenters. The van der Waals surface area contributed by atoms with Crippen LogP contribution in [0.5, 0.6) is 0 Å². The monoisotopic (exact) mass is 178 g/mol. The van der Waals surface area contributed by atoms with Crippen LogP contribution in [0.15, 0.2) is 40.1 Å². The van der Waals surface area contributed by atoms with Crippen molar-refractivity contribution in [3.05, 3.63) is 37.2 Å². The fourth-order valence-electron chi connectivity index (χ4n) is 0.942. The van der Waals surface area contributed by atoms with Gasteiger partial charge in [-0.3, -0.25) is 0 Å². The molecule has 4 nitrogen and oxygen atoms in total. The molecule has 1 aliphatic rings. The summed E-state index contributed by atoms with van der Waals surface area (Å²) in [4.78, 5) is 7.57. The first-order valence-corrected chi connectivity index (χ1v) is 4.18. The van der Waals surface area contributed by atoms with Crippen molar-refractivity contribution in [2.75, 3.05) is 0 Å². The van der Waals surface area contributed by atoms with E-state index in [-0.39, 0.29) is 0 Å². The Kier molecular flexibility index (Phi) is 2.40. The van der Waals surface area contributed by atoms with E-state index >= 15 is 0 Å². The maximum Gasteiger partial charge on any atom is 0.197 e. The van der Waals surface area contributed by atoms with Gasteiger partial charge in [-0.2, -0.15) is 0 Å². The number of aromatic nitrogens is 2. The minimum atomic E-state index is 0.657. The summed E-state index contributed by atoms with van der Waals surface area (Å²) in [6.07, 6.45) is 10.3. The van der Waals surface area contributed by atoms with Crippen LogP contribution in [-0.2, 0) is 0 Å². The summed E-state index contributed by atoms with van der Waals surface area (Å²) >= 11 is 0. The Morgan fingerprint density at radius 3 is 2.54 bits per heavy atom. The maximum atomic E-state index is 5.05. The third-order valence-corrected chi connectivity index (χ3v) is 1.73. The number of hydrogen-bond acceptors (Lipinski definition) is 4. The molecule has 68 valence electrons. The second-order valence-electron chi connectivity index (χ2n) is 2.82. The van der Waals surface area contributed by atoms with Gasteiger partial charge < -0.3 is 8.83 Å². The van der Waals surface area contributed by atoms with Gasteiger partial charge >= 0.3 is 0 Å². The molecule has 0 aliphatic heterocycles. The number of oxazole rings is 2. The van der Waals surface area contributed by atoms with Crippen LogP contribution < -0.4 is 0 Å². The molecule has 2 heterocycles. The first-order chi connectivity index (χ1) is 6.47. The highest BCUT2D eigenvalue weighted by molar-refractivity contribution is 5.00. The second-order valence-corrected chi connectivity index (χ2v) is 2.82. The van der Waals surface area contributed by atoms with Crippen LogP contribution >= 0.6 is 0 Å². The molecule has 4 heteroatoms. The lowest BCUT2D eigenvalue weighted by atomic mass is 10.4. The Morgan fingerprint density at radius 2 is 2.15 bits per heavy atom. The SMILES string of the molecule is c1coc(C2CC2)n1.c1cocn1. The summed E-state index contributed by atoms with van der Waals surface area (Å²) in [7, 11) is 0. The van der Waals surface area contributed by atoms with E-state index in [1.165, 1.54) is 25.5 Å². The lowest BCUT2D eigenvalue weighted by molar-refractivity contribution is 0.497. The average molecular weight is 178 g/mol. The Bertz CT molecular complexity index is 294. The van der Waals surface area contributed by atoms with E-state index in [1.54, 1.807) is 18.7 Å². The summed E-state index contributed by atoms with van der Waals surface area (Å²) in [5, 5.41) is 0. The standard InChI is InChI=1S/C6H7NO.C3H3NO/c1-2-5(1)6-7-3-4-8-6;1-2-5-3-4-1/h3-5H,1-2H2;1-3H. The molecule has 1 aliphatic carbocycles. The quantitative estimate of drug-likeness (QED) is 0.671. The van der Waals surface area contributed by atoms with Gasteiger partial charge in [-0.15, -0.1) is 0 Å². The van der Waals surface area contributed by atoms with Crippen molar-refractivity contribution in [2.24, 2.45) is 0 Å². The molecule has 0 atom stereocenters. The van der Waals surface area contributed by atoms with Gasteiger partial charge in [-0.1, -0.05) is 0 Å². The van der Waals surface area contributed by atoms with E-state index < -0.39 is 0 Å². The van der Waals surface area contributed by atoms with Gasteiger partial charge in [0, 0.05) is 5.92 Å². The van der Waals surface area contributed by atoms with Crippen LogP contribution in [0.1, 0.15) is 24.7 Å². The third-order valence-electron chi connectivity index (χ3n) is 1.73. The second kappa shape index (κ2) is 3.89. The highest BCUT2D eigenvalue weighted by atomic mass is 16.3. The fourth-order valence-corrected chi connectivity index (χ4v) is 0.942. The van der Waals surface area contributed by atoms with E-state index in [2.05, 4.69) is 14.4 Å². The molecule has 2 aromatic heterocycles. The van der Waals surface area contributed by atoms with Gasteiger partial charge in [-0.25, -0.2) is 9.97 Å². The lowest BCUT2D eigenvalue weighted by Crippen LogP contribution is -1.73. The van der Waals surface area contributed by atoms with Crippen molar-refractivity contribution in [3.8, 4) is 0 Å². The van der Waals surface area contributed by atoms with Crippen LogP contribution in [0.3, 0.4) is 0 Å². The van der Waals surface area contributed by atoms with Gasteiger partial charge in [0.25, 0.3) is 0 Å². The molecule has 1 saturated carbocycles. The van der Waals surface area contributed by atoms with Crippen molar-refractivity contribution in [3.63, 3.8) is 0 Å². The lowest BCUT2D eigenvalue weighted by Gasteiger charge is -1.80. The average Bonchev–Trinajstić information content (AvgIpc) is 2.75. The van der Waals surface area contributed by atoms with E-state index in [1.807, 2.05) is 0 Å². The summed E-state index contributed by atoms with van der Waals surface area (Å²) in [5.74, 6) is 1.58. The van der Waals surface area contributed by atoms with E-state index in [0.717, 1.165) is 5.89 Å². The van der Waals surface area contributed by atoms with Crippen LogP contribution in [0.2, 0.25) is 0 Å². The molecular weight excluding hydrogens is 168 g/mol. The van der Waals surface area contributed by atoms with Crippen LogP contribution in [0, 0.1) is 0 Å².